The molecular weight excluding hydrogens is 1300 g/mol. The minimum absolute atomic E-state index is 0.0749. The van der Waals surface area contributed by atoms with Gasteiger partial charge in [-0.05, 0) is 211 Å². The fourth-order valence-electron chi connectivity index (χ4n) is 15.3. The smallest absolute Gasteiger partial charge is 0.0165 e. The molecule has 12 aromatic carbocycles. The second kappa shape index (κ2) is 40.9. The summed E-state index contributed by atoms with van der Waals surface area (Å²) in [5.74, 6) is 0. The molecule has 0 saturated heterocycles. The van der Waals surface area contributed by atoms with Crippen molar-refractivity contribution in [2.45, 2.75) is 295 Å². The first-order chi connectivity index (χ1) is 51.6. The molecule has 0 nitrogen and oxygen atoms in total. The summed E-state index contributed by atoms with van der Waals surface area (Å²) in [6, 6.07) is 72.9. The Morgan fingerprint density at radius 1 is 0.204 bits per heavy atom. The van der Waals surface area contributed by atoms with Gasteiger partial charge in [-0.3, -0.25) is 0 Å². The van der Waals surface area contributed by atoms with Gasteiger partial charge >= 0.3 is 0 Å². The van der Waals surface area contributed by atoms with Crippen LogP contribution in [0.1, 0.15) is 307 Å². The predicted octanol–water partition coefficient (Wildman–Crippen LogP) is 34.4. The van der Waals surface area contributed by atoms with E-state index in [1.807, 2.05) is 55.4 Å². The third kappa shape index (κ3) is 19.4. The number of hydrogen-bond donors (Lipinski definition) is 0. The second-order valence-corrected chi connectivity index (χ2v) is 31.5. The van der Waals surface area contributed by atoms with Gasteiger partial charge in [0.2, 0.25) is 0 Å². The summed E-state index contributed by atoms with van der Waals surface area (Å²) in [4.78, 5) is 0. The average molecular weight is 1440 g/mol. The molecule has 4 aliphatic rings. The van der Waals surface area contributed by atoms with Crippen molar-refractivity contribution >= 4 is 43.1 Å². The fraction of sp³-hybridized carbons (Fsp3) is 0.407. The zero-order valence-electron chi connectivity index (χ0n) is 74.1. The van der Waals surface area contributed by atoms with Gasteiger partial charge in [0.1, 0.15) is 0 Å². The van der Waals surface area contributed by atoms with Crippen LogP contribution >= 0.6 is 0 Å². The van der Waals surface area contributed by atoms with Crippen LogP contribution in [-0.2, 0) is 21.7 Å². The highest BCUT2D eigenvalue weighted by molar-refractivity contribution is 6.05. The normalized spacial score (nSPS) is 13.0. The average Bonchev–Trinajstić information content (AvgIpc) is 1.59. The Bertz CT molecular complexity index is 4810. The Morgan fingerprint density at radius 2 is 0.528 bits per heavy atom. The molecule has 0 unspecified atom stereocenters. The van der Waals surface area contributed by atoms with E-state index in [2.05, 4.69) is 360 Å². The van der Waals surface area contributed by atoms with E-state index in [0.717, 1.165) is 0 Å². The minimum Gasteiger partial charge on any atom is -0.0683 e. The molecule has 0 aliphatic heterocycles. The molecule has 0 saturated carbocycles. The van der Waals surface area contributed by atoms with Crippen molar-refractivity contribution in [1.82, 2.24) is 0 Å². The number of benzene rings is 12. The van der Waals surface area contributed by atoms with Crippen molar-refractivity contribution in [3.8, 4) is 44.5 Å². The largest absolute Gasteiger partial charge is 0.0683 e. The van der Waals surface area contributed by atoms with Crippen LogP contribution in [0.2, 0.25) is 0 Å². The lowest BCUT2D eigenvalue weighted by Crippen LogP contribution is -2.15. The Morgan fingerprint density at radius 3 is 1.01 bits per heavy atom. The Hall–Kier alpha value is -8.32. The zero-order valence-corrected chi connectivity index (χ0v) is 74.1. The fourth-order valence-corrected chi connectivity index (χ4v) is 15.3. The molecule has 0 fully saturated rings. The highest BCUT2D eigenvalue weighted by Gasteiger charge is 2.40. The van der Waals surface area contributed by atoms with Gasteiger partial charge in [-0.1, -0.05) is 433 Å². The summed E-state index contributed by atoms with van der Waals surface area (Å²) in [7, 11) is 0. The lowest BCUT2D eigenvalue weighted by atomic mass is 9.80. The number of fused-ring (bicyclic) bond motifs is 19. The van der Waals surface area contributed by atoms with Gasteiger partial charge in [-0.2, -0.15) is 0 Å². The summed E-state index contributed by atoms with van der Waals surface area (Å²) < 4.78 is 0. The van der Waals surface area contributed by atoms with Crippen molar-refractivity contribution in [2.75, 3.05) is 0 Å². The topological polar surface area (TPSA) is 0 Å². The first-order valence-corrected chi connectivity index (χ1v) is 42.2. The van der Waals surface area contributed by atoms with E-state index in [1.54, 1.807) is 0 Å². The molecule has 0 bridgehead atoms. The predicted molar refractivity (Wildman–Crippen MR) is 492 cm³/mol. The lowest BCUT2D eigenvalue weighted by Gasteiger charge is -2.23. The molecule has 0 amide bonds. The molecule has 0 N–H and O–H groups in total. The Balaban J connectivity index is 0.000000235. The van der Waals surface area contributed by atoms with Crippen molar-refractivity contribution in [3.63, 3.8) is 0 Å². The summed E-state index contributed by atoms with van der Waals surface area (Å²) >= 11 is 0. The van der Waals surface area contributed by atoms with Crippen LogP contribution in [0.15, 0.2) is 194 Å². The molecule has 0 atom stereocenters. The van der Waals surface area contributed by atoms with Gasteiger partial charge in [0.25, 0.3) is 0 Å². The van der Waals surface area contributed by atoms with E-state index < -0.39 is 0 Å². The highest BCUT2D eigenvalue weighted by atomic mass is 14.4. The van der Waals surface area contributed by atoms with Crippen molar-refractivity contribution in [2.24, 2.45) is 0 Å². The molecule has 16 rings (SSSR count). The van der Waals surface area contributed by atoms with Gasteiger partial charge in [0.05, 0.1) is 0 Å². The molecular formula is C108H144. The summed E-state index contributed by atoms with van der Waals surface area (Å²) in [6.45, 7) is 69.7. The molecule has 0 heterocycles. The van der Waals surface area contributed by atoms with Gasteiger partial charge in [0, 0.05) is 21.7 Å². The van der Waals surface area contributed by atoms with E-state index in [0.29, 0.717) is 0 Å². The second-order valence-electron chi connectivity index (χ2n) is 31.5. The first kappa shape index (κ1) is 90.3. The number of aryl methyl sites for hydroxylation is 8. The van der Waals surface area contributed by atoms with Crippen molar-refractivity contribution in [3.05, 3.63) is 283 Å². The van der Waals surface area contributed by atoms with E-state index >= 15 is 0 Å². The standard InChI is InChI=1S/4C21H20.4C4H10.4C2H6/c1-13-5-8-16-15(11-13)7-10-18-17-9-6-14(2)12-19(17)21(3,4)20(16)18;1-13-5-7-15-11-18-17-8-6-14(2)10-19(17)21(3,4)20(18)12-16(15)9-13;1-13-8-9-17-19(12-13)21(3,4)18-11-10-15-14(2)6-5-7-16(15)20(17)18;1-13-9-10-17-18(11-13)21(3,4)19-12-14(2)15-7-5-6-8-16(15)20(17)19;4*1-3-4-2;4*1-2/h4*5-12H,1-4H3;4*3-4H2,1-2H3;4*1-2H3. The Kier molecular flexibility index (Phi) is 34.2. The van der Waals surface area contributed by atoms with Crippen LogP contribution < -0.4 is 0 Å². The van der Waals surface area contributed by atoms with E-state index in [-0.39, 0.29) is 21.7 Å². The van der Waals surface area contributed by atoms with Gasteiger partial charge in [-0.25, -0.2) is 0 Å². The maximum absolute atomic E-state index is 2.40. The minimum atomic E-state index is 0.0749. The van der Waals surface area contributed by atoms with Crippen LogP contribution in [0.5, 0.6) is 0 Å². The molecule has 0 radical (unpaired) electrons. The molecule has 576 valence electrons. The van der Waals surface area contributed by atoms with E-state index in [4.69, 9.17) is 0 Å². The summed E-state index contributed by atoms with van der Waals surface area (Å²) in [6.07, 6.45) is 10.6. The first-order valence-electron chi connectivity index (χ1n) is 42.2. The summed E-state index contributed by atoms with van der Waals surface area (Å²) in [5, 5.41) is 11.0. The molecule has 12 aromatic rings. The monoisotopic (exact) mass is 1440 g/mol. The van der Waals surface area contributed by atoms with Crippen LogP contribution in [0, 0.1) is 55.4 Å². The van der Waals surface area contributed by atoms with Crippen LogP contribution in [0.25, 0.3) is 87.6 Å². The zero-order chi connectivity index (χ0) is 80.8. The quantitative estimate of drug-likeness (QED) is 0.165. The van der Waals surface area contributed by atoms with Gasteiger partial charge in [0.15, 0.2) is 0 Å². The van der Waals surface area contributed by atoms with Gasteiger partial charge in [-0.15, -0.1) is 0 Å². The van der Waals surface area contributed by atoms with E-state index in [9.17, 15) is 0 Å². The highest BCUT2D eigenvalue weighted by Crippen LogP contribution is 2.55. The molecule has 0 aromatic heterocycles. The number of unbranched alkanes of at least 4 members (excludes halogenated alkanes) is 4. The SMILES string of the molecule is CC.CC.CC.CC.CCCC.CCCC.CCCC.CCCC.Cc1ccc2c(c1)C(C)(C)c1c-2ccc2cc(C)ccc12.Cc1ccc2c(c1)C(C)(C)c1cc(C)c3ccccc3c1-2.Cc1ccc2c(c1)C(C)(C)c1cc3cc(C)ccc3cc1-2.Cc1ccc2c(c1)C(C)(C)c1ccc3c(C)cccc3c1-2. The van der Waals surface area contributed by atoms with Crippen LogP contribution in [0.4, 0.5) is 0 Å². The maximum Gasteiger partial charge on any atom is 0.0165 e. The molecule has 4 aliphatic carbocycles. The van der Waals surface area contributed by atoms with Crippen molar-refractivity contribution < 1.29 is 0 Å². The van der Waals surface area contributed by atoms with Gasteiger partial charge < -0.3 is 0 Å². The molecule has 108 heavy (non-hydrogen) atoms. The third-order valence-electron chi connectivity index (χ3n) is 22.0. The molecule has 0 heteroatoms. The number of hydrogen-bond acceptors (Lipinski definition) is 0. The Labute approximate surface area is 661 Å². The summed E-state index contributed by atoms with van der Waals surface area (Å²) in [5.41, 5.74) is 34.2. The molecule has 0 spiro atoms. The van der Waals surface area contributed by atoms with Crippen molar-refractivity contribution in [1.29, 1.82) is 0 Å². The maximum atomic E-state index is 2.40. The number of rotatable bonds is 4. The van der Waals surface area contributed by atoms with Crippen LogP contribution in [-0.4, -0.2) is 0 Å². The van der Waals surface area contributed by atoms with Crippen LogP contribution in [0.3, 0.4) is 0 Å². The van der Waals surface area contributed by atoms with E-state index in [1.165, 1.54) is 228 Å². The lowest BCUT2D eigenvalue weighted by molar-refractivity contribution is 0.659. The third-order valence-corrected chi connectivity index (χ3v) is 22.0.